The molecule has 0 aliphatic heterocycles. The monoisotopic (exact) mass is 353 g/mol. The lowest BCUT2D eigenvalue weighted by molar-refractivity contribution is 0.596. The van der Waals surface area contributed by atoms with E-state index >= 15 is 0 Å². The number of nitrogens with zero attached hydrogens (tertiary/aromatic N) is 1. The Morgan fingerprint density at radius 1 is 0.741 bits per heavy atom. The van der Waals surface area contributed by atoms with E-state index in [0.717, 1.165) is 11.2 Å². The van der Waals surface area contributed by atoms with Crippen molar-refractivity contribution in [2.75, 3.05) is 0 Å². The Bertz CT molecular complexity index is 1130. The average Bonchev–Trinajstić information content (AvgIpc) is 2.65. The summed E-state index contributed by atoms with van der Waals surface area (Å²) in [4.78, 5) is 5.11. The van der Waals surface area contributed by atoms with Crippen molar-refractivity contribution in [3.63, 3.8) is 0 Å². The first-order chi connectivity index (χ1) is 12.9. The van der Waals surface area contributed by atoms with Crippen LogP contribution in [0.25, 0.3) is 32.9 Å². The Hall–Kier alpha value is -2.67. The van der Waals surface area contributed by atoms with Gasteiger partial charge in [0.1, 0.15) is 0 Å². The van der Waals surface area contributed by atoms with Crippen molar-refractivity contribution < 1.29 is 0 Å². The van der Waals surface area contributed by atoms with Gasteiger partial charge in [-0.15, -0.1) is 0 Å². The summed E-state index contributed by atoms with van der Waals surface area (Å²) in [7, 11) is 0. The first-order valence-corrected chi connectivity index (χ1v) is 9.78. The van der Waals surface area contributed by atoms with Gasteiger partial charge in [0.15, 0.2) is 0 Å². The van der Waals surface area contributed by atoms with E-state index in [-0.39, 0.29) is 5.41 Å². The van der Waals surface area contributed by atoms with Gasteiger partial charge >= 0.3 is 0 Å². The van der Waals surface area contributed by atoms with E-state index in [1.165, 1.54) is 32.8 Å². The fraction of sp³-hybridized carbons (Fsp3) is 0.269. The van der Waals surface area contributed by atoms with Crippen LogP contribution in [0.5, 0.6) is 0 Å². The molecule has 0 bridgehead atoms. The molecule has 0 unspecified atom stereocenters. The Morgan fingerprint density at radius 3 is 2.19 bits per heavy atom. The zero-order chi connectivity index (χ0) is 19.2. The van der Waals surface area contributed by atoms with Gasteiger partial charge in [0.05, 0.1) is 11.2 Å². The average molecular weight is 354 g/mol. The lowest BCUT2D eigenvalue weighted by Crippen LogP contribution is -2.11. The normalized spacial score (nSPS) is 12.2. The van der Waals surface area contributed by atoms with Crippen LogP contribution in [0.2, 0.25) is 0 Å². The molecule has 0 spiro atoms. The predicted molar refractivity (Wildman–Crippen MR) is 117 cm³/mol. The van der Waals surface area contributed by atoms with Crippen molar-refractivity contribution >= 4 is 21.7 Å². The molecule has 1 aromatic heterocycles. The number of fused-ring (bicyclic) bond motifs is 2. The zero-order valence-electron chi connectivity index (χ0n) is 16.9. The van der Waals surface area contributed by atoms with E-state index < -0.39 is 0 Å². The minimum Gasteiger partial charge on any atom is -0.247 e. The highest BCUT2D eigenvalue weighted by Gasteiger charge is 2.18. The van der Waals surface area contributed by atoms with E-state index in [2.05, 4.69) is 101 Å². The molecular weight excluding hydrogens is 326 g/mol. The molecule has 0 saturated carbocycles. The van der Waals surface area contributed by atoms with Gasteiger partial charge in [-0.25, -0.2) is 4.98 Å². The molecule has 0 amide bonds. The number of aromatic nitrogens is 1. The highest BCUT2D eigenvalue weighted by atomic mass is 14.7. The minimum absolute atomic E-state index is 0.111. The third-order valence-electron chi connectivity index (χ3n) is 5.38. The van der Waals surface area contributed by atoms with E-state index in [0.29, 0.717) is 5.92 Å². The van der Waals surface area contributed by atoms with Crippen LogP contribution in [0.15, 0.2) is 66.7 Å². The minimum atomic E-state index is 0.111. The van der Waals surface area contributed by atoms with Crippen LogP contribution >= 0.6 is 0 Å². The Morgan fingerprint density at radius 2 is 1.44 bits per heavy atom. The quantitative estimate of drug-likeness (QED) is 0.364. The summed E-state index contributed by atoms with van der Waals surface area (Å²) in [6, 6.07) is 24.1. The molecule has 1 nitrogen and oxygen atoms in total. The predicted octanol–water partition coefficient (Wildman–Crippen LogP) is 7.48. The van der Waals surface area contributed by atoms with Crippen molar-refractivity contribution in [2.45, 2.75) is 46.0 Å². The van der Waals surface area contributed by atoms with Crippen molar-refractivity contribution in [2.24, 2.45) is 0 Å². The zero-order valence-corrected chi connectivity index (χ0v) is 16.9. The van der Waals surface area contributed by atoms with Crippen LogP contribution in [0.1, 0.15) is 51.7 Å². The summed E-state index contributed by atoms with van der Waals surface area (Å²) < 4.78 is 0. The van der Waals surface area contributed by atoms with Crippen LogP contribution in [-0.4, -0.2) is 4.98 Å². The number of hydrogen-bond donors (Lipinski definition) is 0. The molecule has 0 N–H and O–H groups in total. The third-order valence-corrected chi connectivity index (χ3v) is 5.38. The van der Waals surface area contributed by atoms with Crippen LogP contribution in [-0.2, 0) is 5.41 Å². The Kier molecular flexibility index (Phi) is 4.26. The van der Waals surface area contributed by atoms with Gasteiger partial charge in [0, 0.05) is 10.9 Å². The third kappa shape index (κ3) is 3.12. The van der Waals surface area contributed by atoms with Crippen LogP contribution in [0.4, 0.5) is 0 Å². The second-order valence-electron chi connectivity index (χ2n) is 8.73. The second kappa shape index (κ2) is 6.49. The maximum Gasteiger partial charge on any atom is 0.0744 e. The van der Waals surface area contributed by atoms with Crippen LogP contribution in [0, 0.1) is 0 Å². The van der Waals surface area contributed by atoms with Gasteiger partial charge in [-0.2, -0.15) is 0 Å². The van der Waals surface area contributed by atoms with Gasteiger partial charge in [-0.05, 0) is 39.3 Å². The maximum absolute atomic E-state index is 5.11. The van der Waals surface area contributed by atoms with E-state index in [1.54, 1.807) is 0 Å². The molecule has 4 aromatic rings. The molecule has 0 atom stereocenters. The first kappa shape index (κ1) is 17.7. The number of rotatable bonds is 2. The summed E-state index contributed by atoms with van der Waals surface area (Å²) in [6.45, 7) is 11.3. The van der Waals surface area contributed by atoms with Crippen LogP contribution in [0.3, 0.4) is 0 Å². The lowest BCUT2D eigenvalue weighted by atomic mass is 9.83. The van der Waals surface area contributed by atoms with E-state index in [1.807, 2.05) is 0 Å². The summed E-state index contributed by atoms with van der Waals surface area (Å²) >= 11 is 0. The van der Waals surface area contributed by atoms with Crippen molar-refractivity contribution in [1.82, 2.24) is 4.98 Å². The van der Waals surface area contributed by atoms with Gasteiger partial charge in [0.2, 0.25) is 0 Å². The van der Waals surface area contributed by atoms with E-state index in [4.69, 9.17) is 4.98 Å². The molecule has 0 radical (unpaired) electrons. The molecule has 136 valence electrons. The molecule has 3 aromatic carbocycles. The largest absolute Gasteiger partial charge is 0.247 e. The SMILES string of the molecule is CC(C)c1cccc2ccc(-c3cccc4c(C(C)(C)C)cccc34)nc12. The molecular formula is C26H27N. The molecule has 0 fully saturated rings. The number of para-hydroxylation sites is 1. The topological polar surface area (TPSA) is 12.9 Å². The highest BCUT2D eigenvalue weighted by Crippen LogP contribution is 2.35. The lowest BCUT2D eigenvalue weighted by Gasteiger charge is -2.22. The molecule has 0 aliphatic rings. The Balaban J connectivity index is 1.99. The molecule has 1 heterocycles. The van der Waals surface area contributed by atoms with Gasteiger partial charge in [0.25, 0.3) is 0 Å². The second-order valence-corrected chi connectivity index (χ2v) is 8.73. The smallest absolute Gasteiger partial charge is 0.0744 e. The number of pyridine rings is 1. The van der Waals surface area contributed by atoms with Gasteiger partial charge in [-0.1, -0.05) is 95.3 Å². The molecule has 1 heteroatoms. The maximum atomic E-state index is 5.11. The fourth-order valence-electron chi connectivity index (χ4n) is 3.97. The Labute approximate surface area is 162 Å². The number of benzene rings is 3. The van der Waals surface area contributed by atoms with Gasteiger partial charge in [-0.3, -0.25) is 0 Å². The first-order valence-electron chi connectivity index (χ1n) is 9.78. The molecule has 4 rings (SSSR count). The van der Waals surface area contributed by atoms with Gasteiger partial charge < -0.3 is 0 Å². The summed E-state index contributed by atoms with van der Waals surface area (Å²) in [5.74, 6) is 0.455. The number of hydrogen-bond acceptors (Lipinski definition) is 1. The summed E-state index contributed by atoms with van der Waals surface area (Å²) in [6.07, 6.45) is 0. The molecule has 0 aliphatic carbocycles. The summed E-state index contributed by atoms with van der Waals surface area (Å²) in [5, 5.41) is 3.81. The van der Waals surface area contributed by atoms with Crippen molar-refractivity contribution in [3.05, 3.63) is 77.9 Å². The molecule has 0 saturated heterocycles. The van der Waals surface area contributed by atoms with Crippen LogP contribution < -0.4 is 0 Å². The fourth-order valence-corrected chi connectivity index (χ4v) is 3.97. The van der Waals surface area contributed by atoms with Crippen molar-refractivity contribution in [1.29, 1.82) is 0 Å². The van der Waals surface area contributed by atoms with Crippen molar-refractivity contribution in [3.8, 4) is 11.3 Å². The summed E-state index contributed by atoms with van der Waals surface area (Å²) in [5.41, 5.74) is 6.18. The van der Waals surface area contributed by atoms with E-state index in [9.17, 15) is 0 Å². The standard InChI is InChI=1S/C26H27N/c1-17(2)19-10-6-9-18-15-16-24(27-25(18)19)22-13-7-12-21-20(22)11-8-14-23(21)26(3,4)5/h6-17H,1-5H3. The highest BCUT2D eigenvalue weighted by molar-refractivity contribution is 5.99. The molecule has 27 heavy (non-hydrogen) atoms.